The number of rotatable bonds is 27. The van der Waals surface area contributed by atoms with Crippen LogP contribution in [-0.2, 0) is 14.2 Å². The lowest BCUT2D eigenvalue weighted by atomic mass is 9.99. The van der Waals surface area contributed by atoms with Gasteiger partial charge in [-0.2, -0.15) is 0 Å². The number of hydrogen-bond acceptors (Lipinski definition) is 7. The van der Waals surface area contributed by atoms with E-state index in [0.717, 1.165) is 36.7 Å². The van der Waals surface area contributed by atoms with Crippen LogP contribution in [0.2, 0.25) is 0 Å². The second-order valence-corrected chi connectivity index (χ2v) is 13.1. The van der Waals surface area contributed by atoms with E-state index in [1.54, 1.807) is 0 Å². The van der Waals surface area contributed by atoms with Crippen LogP contribution in [0.4, 0.5) is 0 Å². The molecular weight excluding hydrogens is 522 g/mol. The predicted octanol–water partition coefficient (Wildman–Crippen LogP) is 5.33. The number of nitrogens with zero attached hydrogens (tertiary/aromatic N) is 1. The number of likely N-dealkylation sites (N-methyl/N-ethyl adjacent to an activating group) is 1. The second kappa shape index (κ2) is 24.1. The summed E-state index contributed by atoms with van der Waals surface area (Å²) in [6.07, 6.45) is 16.1. The van der Waals surface area contributed by atoms with E-state index < -0.39 is 36.8 Å². The largest absolute Gasteiger partial charge is 0.387 e. The van der Waals surface area contributed by atoms with Gasteiger partial charge in [-0.15, -0.1) is 0 Å². The smallest absolute Gasteiger partial charge is 0.186 e. The first-order chi connectivity index (χ1) is 19.7. The highest BCUT2D eigenvalue weighted by Crippen LogP contribution is 2.23. The van der Waals surface area contributed by atoms with Gasteiger partial charge in [-0.05, 0) is 19.3 Å². The fourth-order valence-corrected chi connectivity index (χ4v) is 5.69. The Morgan fingerprint density at radius 3 is 1.68 bits per heavy atom. The standard InChI is InChI=1S/C33H68NO7/c1-5-7-9-11-13-15-16-17-19-21-23-34(3,4)25-28(35)26-39-27-29-30(36)31(37)32(38)33(41-29)40-24-22-20-18-14-12-10-8-6-2/h28-33,35-38H,5-27H2,1-4H3/q+1/t28?,29-,30-,31+,32-,33+/m1/s1. The lowest BCUT2D eigenvalue weighted by Gasteiger charge is -2.40. The summed E-state index contributed by atoms with van der Waals surface area (Å²) in [6, 6.07) is 0. The molecule has 8 nitrogen and oxygen atoms in total. The molecule has 0 amide bonds. The second-order valence-electron chi connectivity index (χ2n) is 13.1. The molecular formula is C33H68NO7+. The average molecular weight is 591 g/mol. The molecule has 8 heteroatoms. The molecule has 0 aromatic heterocycles. The van der Waals surface area contributed by atoms with Crippen molar-refractivity contribution < 1.29 is 39.1 Å². The van der Waals surface area contributed by atoms with Crippen LogP contribution in [0.1, 0.15) is 129 Å². The Morgan fingerprint density at radius 1 is 0.659 bits per heavy atom. The van der Waals surface area contributed by atoms with Gasteiger partial charge < -0.3 is 39.1 Å². The van der Waals surface area contributed by atoms with E-state index in [9.17, 15) is 20.4 Å². The monoisotopic (exact) mass is 590 g/mol. The maximum atomic E-state index is 10.6. The van der Waals surface area contributed by atoms with Crippen molar-refractivity contribution in [2.45, 2.75) is 166 Å². The zero-order chi connectivity index (χ0) is 30.3. The Morgan fingerprint density at radius 2 is 1.15 bits per heavy atom. The van der Waals surface area contributed by atoms with E-state index in [1.807, 2.05) is 0 Å². The summed E-state index contributed by atoms with van der Waals surface area (Å²) in [5, 5.41) is 41.6. The minimum Gasteiger partial charge on any atom is -0.387 e. The highest BCUT2D eigenvalue weighted by Gasteiger charge is 2.44. The maximum Gasteiger partial charge on any atom is 0.186 e. The Hall–Kier alpha value is -0.320. The van der Waals surface area contributed by atoms with Gasteiger partial charge in [-0.1, -0.05) is 110 Å². The molecule has 0 spiro atoms. The molecule has 1 unspecified atom stereocenters. The summed E-state index contributed by atoms with van der Waals surface area (Å²) in [4.78, 5) is 0. The molecule has 1 saturated heterocycles. The van der Waals surface area contributed by atoms with E-state index in [4.69, 9.17) is 14.2 Å². The average Bonchev–Trinajstić information content (AvgIpc) is 2.93. The molecule has 1 aliphatic rings. The van der Waals surface area contributed by atoms with E-state index in [2.05, 4.69) is 27.9 Å². The number of aliphatic hydroxyl groups excluding tert-OH is 4. The fraction of sp³-hybridized carbons (Fsp3) is 1.00. The molecule has 6 atom stereocenters. The van der Waals surface area contributed by atoms with Gasteiger partial charge >= 0.3 is 0 Å². The zero-order valence-corrected chi connectivity index (χ0v) is 27.2. The van der Waals surface area contributed by atoms with Crippen molar-refractivity contribution in [1.82, 2.24) is 0 Å². The van der Waals surface area contributed by atoms with E-state index >= 15 is 0 Å². The number of unbranched alkanes of at least 4 members (excludes halogenated alkanes) is 16. The molecule has 0 bridgehead atoms. The molecule has 0 saturated carbocycles. The lowest BCUT2D eigenvalue weighted by Crippen LogP contribution is -2.59. The zero-order valence-electron chi connectivity index (χ0n) is 27.2. The van der Waals surface area contributed by atoms with Crippen LogP contribution in [0.25, 0.3) is 0 Å². The SMILES string of the molecule is CCCCCCCCCCCC[N+](C)(C)CC(O)COC[C@H]1O[C@H](OCCCCCCCCCC)[C@H](O)[C@@H](O)[C@@H]1O. The molecule has 1 rings (SSSR count). The molecule has 1 heterocycles. The van der Waals surface area contributed by atoms with Gasteiger partial charge in [0.25, 0.3) is 0 Å². The molecule has 0 aliphatic carbocycles. The molecule has 41 heavy (non-hydrogen) atoms. The summed E-state index contributed by atoms with van der Waals surface area (Å²) in [6.45, 7) is 6.62. The Labute approximate surface area is 252 Å². The minimum absolute atomic E-state index is 0.00546. The van der Waals surface area contributed by atoms with E-state index in [1.165, 1.54) is 89.9 Å². The molecule has 4 N–H and O–H groups in total. The normalized spacial score (nSPS) is 24.1. The topological polar surface area (TPSA) is 109 Å². The fourth-order valence-electron chi connectivity index (χ4n) is 5.69. The van der Waals surface area contributed by atoms with Crippen LogP contribution in [0.3, 0.4) is 0 Å². The van der Waals surface area contributed by atoms with Gasteiger partial charge in [0.15, 0.2) is 6.29 Å². The van der Waals surface area contributed by atoms with Crippen molar-refractivity contribution in [2.24, 2.45) is 0 Å². The van der Waals surface area contributed by atoms with Crippen LogP contribution in [-0.4, -0.2) is 109 Å². The summed E-state index contributed by atoms with van der Waals surface area (Å²) in [7, 11) is 4.27. The number of ether oxygens (including phenoxy) is 3. The Kier molecular flexibility index (Phi) is 22.7. The van der Waals surface area contributed by atoms with Gasteiger partial charge in [0, 0.05) is 6.61 Å². The summed E-state index contributed by atoms with van der Waals surface area (Å²) < 4.78 is 17.9. The first-order valence-electron chi connectivity index (χ1n) is 17.1. The maximum absolute atomic E-state index is 10.6. The number of hydrogen-bond donors (Lipinski definition) is 4. The molecule has 0 radical (unpaired) electrons. The molecule has 1 aliphatic heterocycles. The summed E-state index contributed by atoms with van der Waals surface area (Å²) >= 11 is 0. The lowest BCUT2D eigenvalue weighted by molar-refractivity contribution is -0.893. The van der Waals surface area contributed by atoms with Gasteiger partial charge in [-0.3, -0.25) is 0 Å². The van der Waals surface area contributed by atoms with Gasteiger partial charge in [0.2, 0.25) is 0 Å². The van der Waals surface area contributed by atoms with Crippen LogP contribution in [0.15, 0.2) is 0 Å². The highest BCUT2D eigenvalue weighted by atomic mass is 16.7. The van der Waals surface area contributed by atoms with E-state index in [-0.39, 0.29) is 13.2 Å². The first kappa shape index (κ1) is 38.7. The van der Waals surface area contributed by atoms with Crippen LogP contribution >= 0.6 is 0 Å². The summed E-state index contributed by atoms with van der Waals surface area (Å²) in [5.41, 5.74) is 0. The first-order valence-corrected chi connectivity index (χ1v) is 17.1. The van der Waals surface area contributed by atoms with Gasteiger partial charge in [0.05, 0.1) is 33.9 Å². The molecule has 246 valence electrons. The van der Waals surface area contributed by atoms with Gasteiger partial charge in [-0.25, -0.2) is 0 Å². The number of quaternary nitrogens is 1. The van der Waals surface area contributed by atoms with Crippen LogP contribution in [0, 0.1) is 0 Å². The molecule has 0 aromatic carbocycles. The van der Waals surface area contributed by atoms with Crippen molar-refractivity contribution in [3.63, 3.8) is 0 Å². The highest BCUT2D eigenvalue weighted by molar-refractivity contribution is 4.89. The van der Waals surface area contributed by atoms with Crippen molar-refractivity contribution in [3.05, 3.63) is 0 Å². The molecule has 1 fully saturated rings. The third kappa shape index (κ3) is 18.8. The predicted molar refractivity (Wildman–Crippen MR) is 166 cm³/mol. The third-order valence-corrected chi connectivity index (χ3v) is 8.36. The molecule has 0 aromatic rings. The van der Waals surface area contributed by atoms with Crippen LogP contribution < -0.4 is 0 Å². The van der Waals surface area contributed by atoms with Crippen molar-refractivity contribution in [2.75, 3.05) is 47.0 Å². The quantitative estimate of drug-likeness (QED) is 0.0757. The van der Waals surface area contributed by atoms with Crippen molar-refractivity contribution in [3.8, 4) is 0 Å². The van der Waals surface area contributed by atoms with E-state index in [0.29, 0.717) is 13.2 Å². The third-order valence-electron chi connectivity index (χ3n) is 8.36. The summed E-state index contributed by atoms with van der Waals surface area (Å²) in [5.74, 6) is 0. The minimum atomic E-state index is -1.37. The number of aliphatic hydroxyl groups is 4. The van der Waals surface area contributed by atoms with Crippen molar-refractivity contribution in [1.29, 1.82) is 0 Å². The van der Waals surface area contributed by atoms with Crippen molar-refractivity contribution >= 4 is 0 Å². The Bertz CT molecular complexity index is 594. The van der Waals surface area contributed by atoms with Crippen LogP contribution in [0.5, 0.6) is 0 Å². The van der Waals surface area contributed by atoms with Gasteiger partial charge in [0.1, 0.15) is 37.1 Å². The Balaban J connectivity index is 2.21.